The van der Waals surface area contributed by atoms with Gasteiger partial charge in [0.05, 0.1) is 0 Å². The van der Waals surface area contributed by atoms with E-state index < -0.39 is 0 Å². The molecule has 0 radical (unpaired) electrons. The summed E-state index contributed by atoms with van der Waals surface area (Å²) >= 11 is 0. The molecule has 11 heavy (non-hydrogen) atoms. The molecule has 0 N–H and O–H groups in total. The average Bonchev–Trinajstić information content (AvgIpc) is 1.87. The van der Waals surface area contributed by atoms with Crippen LogP contribution in [0.2, 0.25) is 0 Å². The van der Waals surface area contributed by atoms with Gasteiger partial charge in [0.2, 0.25) is 0 Å². The molecule has 2 nitrogen and oxygen atoms in total. The third kappa shape index (κ3) is 3.50. The van der Waals surface area contributed by atoms with Crippen molar-refractivity contribution in [2.24, 2.45) is 0 Å². The molecule has 0 heterocycles. The van der Waals surface area contributed by atoms with Crippen LogP contribution in [0.25, 0.3) is 0 Å². The second kappa shape index (κ2) is 3.86. The normalized spacial score (nSPS) is 11.0. The first-order chi connectivity index (χ1) is 4.95. The van der Waals surface area contributed by atoms with E-state index in [2.05, 4.69) is 6.58 Å². The predicted octanol–water partition coefficient (Wildman–Crippen LogP) is 1.67. The second-order valence-corrected chi connectivity index (χ2v) is 2.46. The van der Waals surface area contributed by atoms with E-state index in [-0.39, 0.29) is 11.6 Å². The lowest BCUT2D eigenvalue weighted by Crippen LogP contribution is -1.96. The Morgan fingerprint density at radius 1 is 1.09 bits per heavy atom. The number of carbonyl (C=O) groups excluding carboxylic acids is 2. The zero-order valence-electron chi connectivity index (χ0n) is 7.10. The van der Waals surface area contributed by atoms with Gasteiger partial charge in [-0.3, -0.25) is 9.59 Å². The molecule has 0 aromatic heterocycles. The van der Waals surface area contributed by atoms with Crippen LogP contribution in [0.4, 0.5) is 0 Å². The Balaban J connectivity index is 4.44. The summed E-state index contributed by atoms with van der Waals surface area (Å²) in [5.41, 5.74) is 0.933. The van der Waals surface area contributed by atoms with E-state index in [4.69, 9.17) is 0 Å². The predicted molar refractivity (Wildman–Crippen MR) is 44.3 cm³/mol. The molecular formula is C9H12O2. The van der Waals surface area contributed by atoms with Crippen LogP contribution in [0, 0.1) is 0 Å². The summed E-state index contributed by atoms with van der Waals surface area (Å²) in [5, 5.41) is 0. The number of Topliss-reactive ketones (excluding diaryl/α,β-unsaturated/α-hetero) is 2. The highest BCUT2D eigenvalue weighted by Crippen LogP contribution is 2.01. The van der Waals surface area contributed by atoms with Gasteiger partial charge >= 0.3 is 0 Å². The smallest absolute Gasteiger partial charge is 0.159 e. The first-order valence-electron chi connectivity index (χ1n) is 3.34. The quantitative estimate of drug-likeness (QED) is 0.455. The summed E-state index contributed by atoms with van der Waals surface area (Å²) in [6, 6.07) is 0. The minimum absolute atomic E-state index is 0.0348. The van der Waals surface area contributed by atoms with Crippen molar-refractivity contribution >= 4 is 11.6 Å². The number of allylic oxidation sites excluding steroid dienone is 3. The topological polar surface area (TPSA) is 34.1 Å². The Morgan fingerprint density at radius 2 is 1.55 bits per heavy atom. The lowest BCUT2D eigenvalue weighted by molar-refractivity contribution is -0.113. The lowest BCUT2D eigenvalue weighted by atomic mass is 10.1. The van der Waals surface area contributed by atoms with Crippen LogP contribution in [0.5, 0.6) is 0 Å². The van der Waals surface area contributed by atoms with Crippen molar-refractivity contribution < 1.29 is 9.59 Å². The van der Waals surface area contributed by atoms with Gasteiger partial charge in [0.15, 0.2) is 11.6 Å². The largest absolute Gasteiger partial charge is 0.295 e. The van der Waals surface area contributed by atoms with Crippen LogP contribution in [0.15, 0.2) is 23.8 Å². The highest BCUT2D eigenvalue weighted by Gasteiger charge is 1.99. The molecule has 60 valence electrons. The minimum atomic E-state index is -0.106. The number of carbonyl (C=O) groups is 2. The molecule has 0 spiro atoms. The van der Waals surface area contributed by atoms with E-state index in [9.17, 15) is 9.59 Å². The van der Waals surface area contributed by atoms with Crippen LogP contribution < -0.4 is 0 Å². The molecule has 2 heteroatoms. The summed E-state index contributed by atoms with van der Waals surface area (Å²) in [5.74, 6) is -0.141. The van der Waals surface area contributed by atoms with Gasteiger partial charge in [-0.1, -0.05) is 6.58 Å². The molecule has 0 amide bonds. The third-order valence-electron chi connectivity index (χ3n) is 1.40. The van der Waals surface area contributed by atoms with E-state index in [1.54, 1.807) is 6.92 Å². The van der Waals surface area contributed by atoms with Crippen LogP contribution in [0.3, 0.4) is 0 Å². The Kier molecular flexibility index (Phi) is 3.45. The Bertz CT molecular complexity index is 234. The minimum Gasteiger partial charge on any atom is -0.295 e. The van der Waals surface area contributed by atoms with E-state index >= 15 is 0 Å². The SMILES string of the molecule is C=C(/C=C(\C)C(C)=O)C(C)=O. The second-order valence-electron chi connectivity index (χ2n) is 2.46. The van der Waals surface area contributed by atoms with Crippen molar-refractivity contribution in [1.29, 1.82) is 0 Å². The molecule has 0 aromatic carbocycles. The van der Waals surface area contributed by atoms with Crippen LogP contribution in [-0.4, -0.2) is 11.6 Å². The molecule has 0 aliphatic carbocycles. The van der Waals surface area contributed by atoms with Crippen LogP contribution >= 0.6 is 0 Å². The summed E-state index contributed by atoms with van der Waals surface area (Å²) in [7, 11) is 0. The van der Waals surface area contributed by atoms with Gasteiger partial charge in [-0.2, -0.15) is 0 Å². The fourth-order valence-electron chi connectivity index (χ4n) is 0.465. The third-order valence-corrected chi connectivity index (χ3v) is 1.40. The van der Waals surface area contributed by atoms with Crippen LogP contribution in [-0.2, 0) is 9.59 Å². The van der Waals surface area contributed by atoms with E-state index in [0.717, 1.165) is 0 Å². The standard InChI is InChI=1S/C9H12O2/c1-6(8(3)10)5-7(2)9(4)11/h5H,1H2,2-4H3/b7-5+. The molecule has 0 bridgehead atoms. The van der Waals surface area contributed by atoms with E-state index in [0.29, 0.717) is 11.1 Å². The fourth-order valence-corrected chi connectivity index (χ4v) is 0.465. The number of rotatable bonds is 3. The van der Waals surface area contributed by atoms with Gasteiger partial charge in [0.1, 0.15) is 0 Å². The first-order valence-corrected chi connectivity index (χ1v) is 3.34. The molecule has 0 saturated carbocycles. The van der Waals surface area contributed by atoms with Gasteiger partial charge in [0.25, 0.3) is 0 Å². The maximum absolute atomic E-state index is 10.7. The average molecular weight is 152 g/mol. The Morgan fingerprint density at radius 3 is 1.82 bits per heavy atom. The maximum atomic E-state index is 10.7. The van der Waals surface area contributed by atoms with Gasteiger partial charge in [0, 0.05) is 5.57 Å². The maximum Gasteiger partial charge on any atom is 0.159 e. The molecule has 0 aromatic rings. The molecule has 0 saturated heterocycles. The zero-order chi connectivity index (χ0) is 9.02. The lowest BCUT2D eigenvalue weighted by Gasteiger charge is -1.94. The van der Waals surface area contributed by atoms with Crippen molar-refractivity contribution in [1.82, 2.24) is 0 Å². The molecule has 0 aliphatic heterocycles. The highest BCUT2D eigenvalue weighted by atomic mass is 16.1. The monoisotopic (exact) mass is 152 g/mol. The van der Waals surface area contributed by atoms with Gasteiger partial charge < -0.3 is 0 Å². The number of hydrogen-bond donors (Lipinski definition) is 0. The Hall–Kier alpha value is -1.18. The van der Waals surface area contributed by atoms with Crippen molar-refractivity contribution in [2.75, 3.05) is 0 Å². The van der Waals surface area contributed by atoms with Crippen molar-refractivity contribution in [3.05, 3.63) is 23.8 Å². The molecule has 0 rings (SSSR count). The Labute approximate surface area is 66.6 Å². The molecule has 0 atom stereocenters. The number of hydrogen-bond acceptors (Lipinski definition) is 2. The van der Waals surface area contributed by atoms with Crippen LogP contribution in [0.1, 0.15) is 20.8 Å². The fraction of sp³-hybridized carbons (Fsp3) is 0.333. The van der Waals surface area contributed by atoms with Crippen molar-refractivity contribution in [3.63, 3.8) is 0 Å². The molecule has 0 aliphatic rings. The summed E-state index contributed by atoms with van der Waals surface area (Å²) in [4.78, 5) is 21.3. The van der Waals surface area contributed by atoms with Gasteiger partial charge in [-0.15, -0.1) is 0 Å². The highest BCUT2D eigenvalue weighted by molar-refractivity contribution is 5.99. The van der Waals surface area contributed by atoms with Crippen molar-refractivity contribution in [2.45, 2.75) is 20.8 Å². The summed E-state index contributed by atoms with van der Waals surface area (Å²) in [6.07, 6.45) is 1.50. The van der Waals surface area contributed by atoms with E-state index in [1.165, 1.54) is 19.9 Å². The van der Waals surface area contributed by atoms with E-state index in [1.807, 2.05) is 0 Å². The first kappa shape index (κ1) is 9.82. The summed E-state index contributed by atoms with van der Waals surface area (Å²) in [6.45, 7) is 8.04. The molecule has 0 unspecified atom stereocenters. The summed E-state index contributed by atoms with van der Waals surface area (Å²) < 4.78 is 0. The van der Waals surface area contributed by atoms with Gasteiger partial charge in [-0.25, -0.2) is 0 Å². The zero-order valence-corrected chi connectivity index (χ0v) is 7.10. The molecule has 0 fully saturated rings. The van der Waals surface area contributed by atoms with Crippen molar-refractivity contribution in [3.8, 4) is 0 Å². The molecular weight excluding hydrogens is 140 g/mol. The number of ketones is 2. The van der Waals surface area contributed by atoms with Gasteiger partial charge in [-0.05, 0) is 32.4 Å².